The molecule has 0 saturated heterocycles. The third kappa shape index (κ3) is 7.18. The first-order valence-electron chi connectivity index (χ1n) is 10.6. The molecule has 0 spiro atoms. The first kappa shape index (κ1) is 25.5. The highest BCUT2D eigenvalue weighted by atomic mass is 32.2. The fourth-order valence-electron chi connectivity index (χ4n) is 3.10. The van der Waals surface area contributed by atoms with Gasteiger partial charge in [0.2, 0.25) is 0 Å². The summed E-state index contributed by atoms with van der Waals surface area (Å²) in [6, 6.07) is 16.4. The van der Waals surface area contributed by atoms with E-state index in [1.165, 1.54) is 12.1 Å². The number of benzene rings is 3. The Bertz CT molecular complexity index is 1130. The lowest BCUT2D eigenvalue weighted by Crippen LogP contribution is -2.14. The topological polar surface area (TPSA) is 44.8 Å². The van der Waals surface area contributed by atoms with Crippen molar-refractivity contribution >= 4 is 17.7 Å². The Hall–Kier alpha value is -3.13. The van der Waals surface area contributed by atoms with E-state index in [-0.39, 0.29) is 13.2 Å². The minimum atomic E-state index is -4.35. The molecular formula is C26H25F3O4S. The van der Waals surface area contributed by atoms with Gasteiger partial charge in [0.25, 0.3) is 0 Å². The highest BCUT2D eigenvalue weighted by Gasteiger charge is 2.29. The second-order valence-electron chi connectivity index (χ2n) is 7.53. The van der Waals surface area contributed by atoms with Gasteiger partial charge in [-0.05, 0) is 86.0 Å². The summed E-state index contributed by atoms with van der Waals surface area (Å²) in [5.41, 5.74) is 1.89. The summed E-state index contributed by atoms with van der Waals surface area (Å²) in [5.74, 6) is 0.860. The maximum Gasteiger partial charge on any atom is 0.416 e. The zero-order valence-corrected chi connectivity index (χ0v) is 19.9. The molecule has 34 heavy (non-hydrogen) atoms. The van der Waals surface area contributed by atoms with Crippen molar-refractivity contribution < 1.29 is 32.2 Å². The van der Waals surface area contributed by atoms with Crippen LogP contribution in [0.15, 0.2) is 70.5 Å². The third-order valence-corrected chi connectivity index (χ3v) is 6.03. The zero-order valence-electron chi connectivity index (χ0n) is 19.1. The van der Waals surface area contributed by atoms with Crippen LogP contribution in [0.1, 0.15) is 29.2 Å². The van der Waals surface area contributed by atoms with Crippen LogP contribution in [0.5, 0.6) is 11.5 Å². The van der Waals surface area contributed by atoms with Gasteiger partial charge in [0, 0.05) is 9.79 Å². The van der Waals surface area contributed by atoms with Crippen molar-refractivity contribution in [2.75, 3.05) is 13.2 Å². The van der Waals surface area contributed by atoms with Gasteiger partial charge < -0.3 is 14.2 Å². The van der Waals surface area contributed by atoms with Gasteiger partial charge in [-0.3, -0.25) is 0 Å². The number of ether oxygens (including phenoxy) is 3. The monoisotopic (exact) mass is 490 g/mol. The lowest BCUT2D eigenvalue weighted by atomic mass is 10.1. The van der Waals surface area contributed by atoms with Crippen molar-refractivity contribution in [3.05, 3.63) is 82.9 Å². The molecule has 0 radical (unpaired) electrons. The van der Waals surface area contributed by atoms with Gasteiger partial charge in [-0.25, -0.2) is 4.79 Å². The lowest BCUT2D eigenvalue weighted by molar-refractivity contribution is -0.145. The lowest BCUT2D eigenvalue weighted by Gasteiger charge is -2.12. The molecule has 0 N–H and O–H groups in total. The first-order valence-corrected chi connectivity index (χ1v) is 11.4. The standard InChI is InChI=1S/C26H25F3O4S/c1-4-31-25(30)16-33-23-11-10-22(14-17(23)2)34-24-12-9-21(13-18(24)3)32-15-19-5-7-20(8-6-19)26(27,28)29/h5-14H,4,15-16H2,1-3H3. The molecule has 0 aliphatic rings. The number of rotatable bonds is 9. The molecule has 3 aromatic rings. The van der Waals surface area contributed by atoms with E-state index in [0.29, 0.717) is 23.7 Å². The van der Waals surface area contributed by atoms with Gasteiger partial charge in [-0.1, -0.05) is 23.9 Å². The minimum Gasteiger partial charge on any atom is -0.489 e. The van der Waals surface area contributed by atoms with E-state index in [0.717, 1.165) is 33.1 Å². The van der Waals surface area contributed by atoms with E-state index in [2.05, 4.69) is 0 Å². The van der Waals surface area contributed by atoms with Crippen LogP contribution in [0.3, 0.4) is 0 Å². The summed E-state index contributed by atoms with van der Waals surface area (Å²) in [6.45, 7) is 5.99. The number of aryl methyl sites for hydroxylation is 2. The Morgan fingerprint density at radius 3 is 2.26 bits per heavy atom. The van der Waals surface area contributed by atoms with E-state index in [1.807, 2.05) is 50.2 Å². The van der Waals surface area contributed by atoms with Crippen LogP contribution in [-0.4, -0.2) is 19.2 Å². The Morgan fingerprint density at radius 2 is 1.65 bits per heavy atom. The Labute approximate surface area is 201 Å². The molecule has 0 aliphatic carbocycles. The number of hydrogen-bond acceptors (Lipinski definition) is 5. The van der Waals surface area contributed by atoms with Crippen molar-refractivity contribution in [1.29, 1.82) is 0 Å². The predicted molar refractivity (Wildman–Crippen MR) is 124 cm³/mol. The molecule has 4 nitrogen and oxygen atoms in total. The predicted octanol–water partition coefficient (Wildman–Crippen LogP) is 6.99. The third-order valence-electron chi connectivity index (χ3n) is 4.86. The quantitative estimate of drug-likeness (QED) is 0.302. The summed E-state index contributed by atoms with van der Waals surface area (Å²) >= 11 is 1.59. The van der Waals surface area contributed by atoms with Gasteiger partial charge in [-0.2, -0.15) is 13.2 Å². The van der Waals surface area contributed by atoms with E-state index in [1.54, 1.807) is 18.7 Å². The molecule has 0 saturated carbocycles. The molecule has 0 atom stereocenters. The number of carbonyl (C=O) groups is 1. The number of halogens is 3. The van der Waals surface area contributed by atoms with Crippen LogP contribution in [-0.2, 0) is 22.3 Å². The van der Waals surface area contributed by atoms with Crippen LogP contribution in [0.4, 0.5) is 13.2 Å². The van der Waals surface area contributed by atoms with Gasteiger partial charge >= 0.3 is 12.1 Å². The molecule has 3 aromatic carbocycles. The highest BCUT2D eigenvalue weighted by Crippen LogP contribution is 2.35. The van der Waals surface area contributed by atoms with Crippen LogP contribution in [0.2, 0.25) is 0 Å². The van der Waals surface area contributed by atoms with E-state index in [9.17, 15) is 18.0 Å². The average molecular weight is 491 g/mol. The van der Waals surface area contributed by atoms with Crippen LogP contribution < -0.4 is 9.47 Å². The second kappa shape index (κ2) is 11.3. The van der Waals surface area contributed by atoms with Crippen LogP contribution in [0, 0.1) is 13.8 Å². The van der Waals surface area contributed by atoms with Gasteiger partial charge in [0.05, 0.1) is 12.2 Å². The van der Waals surface area contributed by atoms with E-state index < -0.39 is 17.7 Å². The normalized spacial score (nSPS) is 11.2. The molecule has 0 heterocycles. The molecule has 180 valence electrons. The van der Waals surface area contributed by atoms with Gasteiger partial charge in [0.15, 0.2) is 6.61 Å². The molecule has 0 aliphatic heterocycles. The molecule has 0 fully saturated rings. The summed E-state index contributed by atoms with van der Waals surface area (Å²) in [4.78, 5) is 13.5. The van der Waals surface area contributed by atoms with Crippen LogP contribution >= 0.6 is 11.8 Å². The largest absolute Gasteiger partial charge is 0.489 e. The molecule has 3 rings (SSSR count). The molecule has 8 heteroatoms. The first-order chi connectivity index (χ1) is 16.2. The molecule has 0 amide bonds. The fraction of sp³-hybridized carbons (Fsp3) is 0.269. The Morgan fingerprint density at radius 1 is 0.912 bits per heavy atom. The van der Waals surface area contributed by atoms with Crippen molar-refractivity contribution in [3.8, 4) is 11.5 Å². The summed E-state index contributed by atoms with van der Waals surface area (Å²) in [7, 11) is 0. The van der Waals surface area contributed by atoms with Gasteiger partial charge in [-0.15, -0.1) is 0 Å². The van der Waals surface area contributed by atoms with Crippen molar-refractivity contribution in [3.63, 3.8) is 0 Å². The SMILES string of the molecule is CCOC(=O)COc1ccc(Sc2ccc(OCc3ccc(C(F)(F)F)cc3)cc2C)cc1C. The number of hydrogen-bond donors (Lipinski definition) is 0. The fourth-order valence-corrected chi connectivity index (χ4v) is 4.08. The zero-order chi connectivity index (χ0) is 24.7. The minimum absolute atomic E-state index is 0.131. The average Bonchev–Trinajstić information content (AvgIpc) is 2.78. The van der Waals surface area contributed by atoms with Crippen LogP contribution in [0.25, 0.3) is 0 Å². The highest BCUT2D eigenvalue weighted by molar-refractivity contribution is 7.99. The summed E-state index contributed by atoms with van der Waals surface area (Å²) in [5, 5.41) is 0. The molecule has 0 unspecified atom stereocenters. The maximum atomic E-state index is 12.7. The Balaban J connectivity index is 1.58. The number of carbonyl (C=O) groups excluding carboxylic acids is 1. The maximum absolute atomic E-state index is 12.7. The van der Waals surface area contributed by atoms with Crippen molar-refractivity contribution in [1.82, 2.24) is 0 Å². The number of esters is 1. The molecule has 0 bridgehead atoms. The summed E-state index contributed by atoms with van der Waals surface area (Å²) < 4.78 is 54.2. The molecule has 0 aromatic heterocycles. The van der Waals surface area contributed by atoms with E-state index >= 15 is 0 Å². The second-order valence-corrected chi connectivity index (χ2v) is 8.65. The Kier molecular flexibility index (Phi) is 8.50. The molecular weight excluding hydrogens is 465 g/mol. The van der Waals surface area contributed by atoms with E-state index in [4.69, 9.17) is 14.2 Å². The van der Waals surface area contributed by atoms with Crippen molar-refractivity contribution in [2.45, 2.75) is 43.3 Å². The van der Waals surface area contributed by atoms with Gasteiger partial charge in [0.1, 0.15) is 18.1 Å². The smallest absolute Gasteiger partial charge is 0.416 e. The summed E-state index contributed by atoms with van der Waals surface area (Å²) in [6.07, 6.45) is -4.35. The van der Waals surface area contributed by atoms with Crippen molar-refractivity contribution in [2.24, 2.45) is 0 Å². The number of alkyl halides is 3.